The summed E-state index contributed by atoms with van der Waals surface area (Å²) in [7, 11) is -9.29. The average Bonchev–Trinajstić information content (AvgIpc) is 0.701. The first kappa shape index (κ1) is 90.6. The SMILES string of the molecule is Brc1ccc2c3cccc4c(Br)ccc(c5cccc1c52)c43.Brc1ccc2c3cccc4cccc(c5cccc1c52)c43.CCO[Si](OCC)(OCC)c1ccc2c3cccc4c([Si](OCC)(OCC)OCC)ccc(c5cccc1c52)c43.CCO[Si](OCC)(OCC)c1ccc2c3cccc4cccc(c5cccc1c52)c43.[B].c1cc2cccc3c4cccc5cccc(c(c1)c23)c54. The van der Waals surface area contributed by atoms with Crippen molar-refractivity contribution in [1.82, 2.24) is 0 Å². The number of hydrogen-bond donors (Lipinski definition) is 0. The Hall–Kier alpha value is -11.2. The summed E-state index contributed by atoms with van der Waals surface area (Å²) in [6.45, 7) is 22.8. The molecule has 0 spiro atoms. The van der Waals surface area contributed by atoms with Crippen molar-refractivity contribution in [2.45, 2.75) is 62.3 Å². The summed E-state index contributed by atoms with van der Waals surface area (Å²) in [5, 5.41) is 54.8. The average molecular weight is 2000 g/mol. The highest BCUT2D eigenvalue weighted by Gasteiger charge is 2.48. The lowest BCUT2D eigenvalue weighted by atomic mass is 9.90. The number of hydrogen-bond acceptors (Lipinski definition) is 9. The maximum atomic E-state index is 6.34. The van der Waals surface area contributed by atoms with Crippen molar-refractivity contribution in [3.8, 4) is 0 Å². The van der Waals surface area contributed by atoms with E-state index in [4.69, 9.17) is 39.8 Å². The molecule has 0 amide bonds. The van der Waals surface area contributed by atoms with Gasteiger partial charge < -0.3 is 39.8 Å². The lowest BCUT2D eigenvalue weighted by Gasteiger charge is -2.31. The second-order valence-corrected chi connectivity index (χ2v) is 43.7. The zero-order valence-electron chi connectivity index (χ0n) is 76.4. The van der Waals surface area contributed by atoms with E-state index in [0.29, 0.717) is 59.5 Å². The van der Waals surface area contributed by atoms with E-state index in [1.165, 1.54) is 205 Å². The van der Waals surface area contributed by atoms with E-state index in [2.05, 4.69) is 375 Å². The quantitative estimate of drug-likeness (QED) is 0.0397. The fourth-order valence-corrected chi connectivity index (χ4v) is 31.2. The van der Waals surface area contributed by atoms with Crippen LogP contribution in [0.25, 0.3) is 215 Å². The minimum Gasteiger partial charge on any atom is -0.370 e. The van der Waals surface area contributed by atoms with Crippen molar-refractivity contribution in [3.63, 3.8) is 0 Å². The van der Waals surface area contributed by atoms with Gasteiger partial charge in [-0.05, 0) is 296 Å². The Bertz CT molecular complexity index is 8140. The fourth-order valence-electron chi connectivity index (χ4n) is 21.8. The monoisotopic (exact) mass is 1990 g/mol. The highest BCUT2D eigenvalue weighted by molar-refractivity contribution is 9.11. The molecule has 3 radical (unpaired) electrons. The van der Waals surface area contributed by atoms with Gasteiger partial charge in [0, 0.05) is 96.9 Å². The molecule has 0 unspecified atom stereocenters. The van der Waals surface area contributed by atoms with E-state index in [-0.39, 0.29) is 8.41 Å². The number of fused-ring (bicyclic) bond motifs is 10. The van der Waals surface area contributed by atoms with E-state index in [0.717, 1.165) is 39.8 Å². The van der Waals surface area contributed by atoms with Gasteiger partial charge in [-0.15, -0.1) is 0 Å². The van der Waals surface area contributed by atoms with Crippen molar-refractivity contribution >= 4 is 314 Å². The lowest BCUT2D eigenvalue weighted by molar-refractivity contribution is 0.0854. The summed E-state index contributed by atoms with van der Waals surface area (Å²) in [6.07, 6.45) is 0. The van der Waals surface area contributed by atoms with E-state index in [9.17, 15) is 0 Å². The van der Waals surface area contributed by atoms with Crippen LogP contribution in [0, 0.1) is 0 Å². The van der Waals surface area contributed by atoms with E-state index >= 15 is 0 Å². The molecule has 661 valence electrons. The Labute approximate surface area is 809 Å². The third-order valence-electron chi connectivity index (χ3n) is 26.6. The zero-order chi connectivity index (χ0) is 91.0. The van der Waals surface area contributed by atoms with Crippen LogP contribution in [0.3, 0.4) is 0 Å². The van der Waals surface area contributed by atoms with Crippen molar-refractivity contribution < 1.29 is 39.8 Å². The van der Waals surface area contributed by atoms with Gasteiger partial charge in [0.2, 0.25) is 0 Å². The smallest absolute Gasteiger partial charge is 0.370 e. The van der Waals surface area contributed by atoms with Crippen LogP contribution in [0.15, 0.2) is 341 Å². The van der Waals surface area contributed by atoms with Gasteiger partial charge in [0.1, 0.15) is 0 Å². The van der Waals surface area contributed by atoms with Crippen molar-refractivity contribution in [1.29, 1.82) is 0 Å². The molecule has 9 nitrogen and oxygen atoms in total. The van der Waals surface area contributed by atoms with Crippen LogP contribution < -0.4 is 15.6 Å². The standard InChI is InChI=1S/C32H40O6Si2.C26H26O3Si.C20H10Br2.C20H11Br.C20H12.B/c1-7-33-39(34-8-2,35-9-3)29-21-19-25-24-16-14-18-28-30(40(36-10-4,37-11-5)38-12-6)22-20-26(32(24)28)23-15-13-17-27(29)31(23)25;1-4-27-30(28-5-2,29-6-3)24-17-16-22-20-13-8-11-18-10-7-12-19(25(18)20)21-14-9-15-23(24)26(21)22;21-17-9-8-14-12-4-2-6-16-18(22)10-7-13(20(12)16)11-3-1-5-15(17)19(11)14;21-18-11-10-16-14-7-2-5-12-4-1-6-13(19(12)14)15-8-3-9-17(18)20(15)16;1-5-13-6-2-11-17-18-12-4-8-14-7-3-10-16(20(14)18)15(9-1)19(13)17;/h13-22H,7-12H2,1-6H3;7-17H,4-6H2,1-3H3;1-10H;1-11H;1-12H;. The molecule has 0 aliphatic heterocycles. The molecule has 25 aromatic rings. The van der Waals surface area contributed by atoms with Crippen molar-refractivity contribution in [2.24, 2.45) is 0 Å². The van der Waals surface area contributed by atoms with Gasteiger partial charge in [0.05, 0.1) is 0 Å². The summed E-state index contributed by atoms with van der Waals surface area (Å²) in [6, 6.07) is 118. The Morgan fingerprint density at radius 1 is 0.149 bits per heavy atom. The number of rotatable bonds is 21. The summed E-state index contributed by atoms with van der Waals surface area (Å²) in [4.78, 5) is 0. The lowest BCUT2D eigenvalue weighted by Crippen LogP contribution is -2.57. The van der Waals surface area contributed by atoms with Gasteiger partial charge in [-0.2, -0.15) is 0 Å². The Morgan fingerprint density at radius 3 is 0.448 bits per heavy atom. The second kappa shape index (κ2) is 37.8. The maximum Gasteiger partial charge on any atom is 0.537 e. The molecule has 0 saturated heterocycles. The van der Waals surface area contributed by atoms with Crippen LogP contribution in [0.1, 0.15) is 62.3 Å². The van der Waals surface area contributed by atoms with Crippen LogP contribution >= 0.6 is 47.8 Å². The molecular weight excluding hydrogens is 1900 g/mol. The van der Waals surface area contributed by atoms with Crippen molar-refractivity contribution in [3.05, 3.63) is 341 Å². The molecule has 0 aliphatic rings. The van der Waals surface area contributed by atoms with Crippen LogP contribution in [-0.2, 0) is 39.8 Å². The topological polar surface area (TPSA) is 83.1 Å². The van der Waals surface area contributed by atoms with Gasteiger partial charge in [0.25, 0.3) is 0 Å². The first-order valence-corrected chi connectivity index (χ1v) is 54.0. The molecule has 0 heterocycles. The molecule has 0 atom stereocenters. The molecule has 25 rings (SSSR count). The third kappa shape index (κ3) is 14.9. The summed E-state index contributed by atoms with van der Waals surface area (Å²) in [5.41, 5.74) is 0. The molecule has 0 N–H and O–H groups in total. The molecule has 16 heteroatoms. The predicted molar refractivity (Wildman–Crippen MR) is 588 cm³/mol. The molecule has 134 heavy (non-hydrogen) atoms. The van der Waals surface area contributed by atoms with Gasteiger partial charge in [-0.1, -0.05) is 357 Å². The molecule has 0 aromatic heterocycles. The minimum absolute atomic E-state index is 0. The van der Waals surface area contributed by atoms with Gasteiger partial charge in [-0.25, -0.2) is 0 Å². The van der Waals surface area contributed by atoms with E-state index in [1.807, 2.05) is 62.3 Å². The maximum absolute atomic E-state index is 6.34. The van der Waals surface area contributed by atoms with Crippen LogP contribution in [-0.4, -0.2) is 94.3 Å². The normalized spacial score (nSPS) is 12.4. The Balaban J connectivity index is 0.000000106. The van der Waals surface area contributed by atoms with Crippen LogP contribution in [0.4, 0.5) is 0 Å². The van der Waals surface area contributed by atoms with Crippen LogP contribution in [0.5, 0.6) is 0 Å². The highest BCUT2D eigenvalue weighted by atomic mass is 79.9. The molecule has 0 fully saturated rings. The highest BCUT2D eigenvalue weighted by Crippen LogP contribution is 2.49. The third-order valence-corrected chi connectivity index (χ3v) is 38.0. The fraction of sp³-hybridized carbons (Fsp3) is 0.153. The van der Waals surface area contributed by atoms with E-state index < -0.39 is 26.4 Å². The van der Waals surface area contributed by atoms with E-state index in [1.54, 1.807) is 0 Å². The second-order valence-electron chi connectivity index (χ2n) is 33.5. The summed E-state index contributed by atoms with van der Waals surface area (Å²) >= 11 is 11.1. The molecule has 25 aromatic carbocycles. The Kier molecular flexibility index (Phi) is 25.6. The predicted octanol–water partition coefficient (Wildman–Crippen LogP) is 31.4. The van der Waals surface area contributed by atoms with Gasteiger partial charge in [-0.3, -0.25) is 0 Å². The largest absolute Gasteiger partial charge is 0.537 e. The van der Waals surface area contributed by atoms with Gasteiger partial charge >= 0.3 is 26.4 Å². The van der Waals surface area contributed by atoms with Crippen molar-refractivity contribution in [2.75, 3.05) is 59.5 Å². The molecule has 0 bridgehead atoms. The van der Waals surface area contributed by atoms with Crippen LogP contribution in [0.2, 0.25) is 0 Å². The number of halogens is 3. The first-order chi connectivity index (χ1) is 65.3. The number of benzene rings is 25. The summed E-state index contributed by atoms with van der Waals surface area (Å²) in [5.74, 6) is 0. The Morgan fingerprint density at radius 2 is 0.276 bits per heavy atom. The molecule has 0 saturated carbocycles. The van der Waals surface area contributed by atoms with Gasteiger partial charge in [0.15, 0.2) is 0 Å². The first-order valence-electron chi connectivity index (χ1n) is 46.5. The zero-order valence-corrected chi connectivity index (χ0v) is 84.2. The minimum atomic E-state index is -3.13. The molecule has 0 aliphatic carbocycles. The molecular formula is C118H99BBr3O9Si3. The summed E-state index contributed by atoms with van der Waals surface area (Å²) < 4.78 is 60.3.